The number of cyclic esters (lactones) is 1. The summed E-state index contributed by atoms with van der Waals surface area (Å²) in [5.74, 6) is -1.62. The van der Waals surface area contributed by atoms with Crippen LogP contribution in [0.3, 0.4) is 0 Å². The van der Waals surface area contributed by atoms with Crippen molar-refractivity contribution in [1.82, 2.24) is 10.2 Å². The molecule has 0 radical (unpaired) electrons. The summed E-state index contributed by atoms with van der Waals surface area (Å²) in [5, 5.41) is 2.42. The zero-order chi connectivity index (χ0) is 17.3. The molecule has 24 heavy (non-hydrogen) atoms. The van der Waals surface area contributed by atoms with E-state index in [1.54, 1.807) is 25.1 Å². The van der Waals surface area contributed by atoms with Crippen molar-refractivity contribution in [3.05, 3.63) is 35.4 Å². The Labute approximate surface area is 137 Å². The van der Waals surface area contributed by atoms with Crippen molar-refractivity contribution in [2.45, 2.75) is 32.1 Å². The SMILES string of the molecule is C[C@@H]1C[C@H](OC(=O)c2ccccc2CN2C(=O)CNC2=O)C(=O)O1. The van der Waals surface area contributed by atoms with Crippen molar-refractivity contribution in [2.75, 3.05) is 6.54 Å². The quantitative estimate of drug-likeness (QED) is 0.640. The maximum Gasteiger partial charge on any atom is 0.347 e. The molecule has 0 aromatic heterocycles. The van der Waals surface area contributed by atoms with Gasteiger partial charge in [-0.15, -0.1) is 0 Å². The van der Waals surface area contributed by atoms with Gasteiger partial charge in [-0.05, 0) is 18.6 Å². The largest absolute Gasteiger partial charge is 0.460 e. The molecule has 2 aliphatic rings. The Kier molecular flexibility index (Phi) is 4.20. The summed E-state index contributed by atoms with van der Waals surface area (Å²) in [6.07, 6.45) is -0.923. The minimum Gasteiger partial charge on any atom is -0.460 e. The highest BCUT2D eigenvalue weighted by atomic mass is 16.6. The van der Waals surface area contributed by atoms with Crippen LogP contribution in [-0.4, -0.2) is 47.5 Å². The van der Waals surface area contributed by atoms with E-state index >= 15 is 0 Å². The second-order valence-electron chi connectivity index (χ2n) is 5.67. The number of rotatable bonds is 4. The summed E-state index contributed by atoms with van der Waals surface area (Å²) in [6.45, 7) is 1.62. The molecule has 0 bridgehead atoms. The molecule has 0 unspecified atom stereocenters. The Bertz CT molecular complexity index is 700. The maximum absolute atomic E-state index is 12.4. The van der Waals surface area contributed by atoms with Gasteiger partial charge in [-0.2, -0.15) is 0 Å². The molecule has 3 rings (SSSR count). The lowest BCUT2D eigenvalue weighted by molar-refractivity contribution is -0.147. The monoisotopic (exact) mass is 332 g/mol. The summed E-state index contributed by atoms with van der Waals surface area (Å²) in [4.78, 5) is 48.3. The van der Waals surface area contributed by atoms with Crippen molar-refractivity contribution in [2.24, 2.45) is 0 Å². The third-order valence-corrected chi connectivity index (χ3v) is 3.88. The van der Waals surface area contributed by atoms with Gasteiger partial charge in [-0.25, -0.2) is 14.4 Å². The second kappa shape index (κ2) is 6.31. The lowest BCUT2D eigenvalue weighted by Crippen LogP contribution is -2.31. The van der Waals surface area contributed by atoms with Crippen LogP contribution in [0.1, 0.15) is 29.3 Å². The number of amides is 3. The number of urea groups is 1. The van der Waals surface area contributed by atoms with Crippen molar-refractivity contribution >= 4 is 23.9 Å². The zero-order valence-corrected chi connectivity index (χ0v) is 13.0. The van der Waals surface area contributed by atoms with Crippen molar-refractivity contribution < 1.29 is 28.7 Å². The maximum atomic E-state index is 12.4. The molecule has 0 saturated carbocycles. The van der Waals surface area contributed by atoms with Crippen LogP contribution in [0.15, 0.2) is 24.3 Å². The average molecular weight is 332 g/mol. The van der Waals surface area contributed by atoms with Gasteiger partial charge in [0, 0.05) is 6.42 Å². The fraction of sp³-hybridized carbons (Fsp3) is 0.375. The molecule has 3 amide bonds. The average Bonchev–Trinajstić information content (AvgIpc) is 3.03. The standard InChI is InChI=1S/C16H16N2O6/c1-9-6-12(15(21)23-9)24-14(20)11-5-3-2-4-10(11)8-18-13(19)7-17-16(18)22/h2-5,9,12H,6-8H2,1H3,(H,17,22)/t9-,12+/m1/s1. The van der Waals surface area contributed by atoms with E-state index in [2.05, 4.69) is 5.32 Å². The zero-order valence-electron chi connectivity index (χ0n) is 13.0. The predicted octanol–water partition coefficient (Wildman–Crippen LogP) is 0.599. The molecule has 0 aliphatic carbocycles. The Morgan fingerprint density at radius 2 is 2.08 bits per heavy atom. The van der Waals surface area contributed by atoms with Gasteiger partial charge in [0.05, 0.1) is 18.7 Å². The van der Waals surface area contributed by atoms with Gasteiger partial charge in [0.1, 0.15) is 6.10 Å². The number of nitrogens with zero attached hydrogens (tertiary/aromatic N) is 1. The van der Waals surface area contributed by atoms with Crippen LogP contribution in [-0.2, 0) is 25.6 Å². The Balaban J connectivity index is 1.76. The molecule has 8 nitrogen and oxygen atoms in total. The summed E-state index contributed by atoms with van der Waals surface area (Å²) >= 11 is 0. The number of imide groups is 1. The molecule has 1 aromatic carbocycles. The van der Waals surface area contributed by atoms with Crippen LogP contribution in [0.2, 0.25) is 0 Å². The molecular weight excluding hydrogens is 316 g/mol. The number of carbonyl (C=O) groups is 4. The lowest BCUT2D eigenvalue weighted by Gasteiger charge is -2.16. The van der Waals surface area contributed by atoms with E-state index in [1.165, 1.54) is 6.07 Å². The highest BCUT2D eigenvalue weighted by Crippen LogP contribution is 2.21. The minimum absolute atomic E-state index is 0.0402. The first-order chi connectivity index (χ1) is 11.5. The summed E-state index contributed by atoms with van der Waals surface area (Å²) in [6, 6.07) is 5.99. The molecule has 1 N–H and O–H groups in total. The van der Waals surface area contributed by atoms with Gasteiger partial charge < -0.3 is 14.8 Å². The topological polar surface area (TPSA) is 102 Å². The van der Waals surface area contributed by atoms with Gasteiger partial charge in [0.25, 0.3) is 0 Å². The molecule has 1 aromatic rings. The van der Waals surface area contributed by atoms with E-state index < -0.39 is 24.1 Å². The van der Waals surface area contributed by atoms with Crippen molar-refractivity contribution in [1.29, 1.82) is 0 Å². The first-order valence-electron chi connectivity index (χ1n) is 7.53. The molecule has 2 fully saturated rings. The van der Waals surface area contributed by atoms with Gasteiger partial charge in [0.2, 0.25) is 12.0 Å². The van der Waals surface area contributed by atoms with Gasteiger partial charge in [0.15, 0.2) is 0 Å². The normalized spacial score (nSPS) is 23.2. The van der Waals surface area contributed by atoms with Gasteiger partial charge >= 0.3 is 18.0 Å². The molecule has 2 atom stereocenters. The first-order valence-corrected chi connectivity index (χ1v) is 7.53. The van der Waals surface area contributed by atoms with E-state index in [-0.39, 0.29) is 30.7 Å². The Morgan fingerprint density at radius 1 is 1.33 bits per heavy atom. The van der Waals surface area contributed by atoms with Crippen LogP contribution < -0.4 is 5.32 Å². The highest BCUT2D eigenvalue weighted by molar-refractivity contribution is 6.02. The van der Waals surface area contributed by atoms with Crippen LogP contribution in [0, 0.1) is 0 Å². The number of benzene rings is 1. The summed E-state index contributed by atoms with van der Waals surface area (Å²) < 4.78 is 10.2. The van der Waals surface area contributed by atoms with E-state index in [4.69, 9.17) is 9.47 Å². The van der Waals surface area contributed by atoms with Crippen LogP contribution in [0.5, 0.6) is 0 Å². The van der Waals surface area contributed by atoms with Crippen LogP contribution in [0.4, 0.5) is 4.79 Å². The van der Waals surface area contributed by atoms with E-state index in [9.17, 15) is 19.2 Å². The highest BCUT2D eigenvalue weighted by Gasteiger charge is 2.36. The number of carbonyl (C=O) groups excluding carboxylic acids is 4. The van der Waals surface area contributed by atoms with Crippen molar-refractivity contribution in [3.63, 3.8) is 0 Å². The number of esters is 2. The molecule has 2 saturated heterocycles. The second-order valence-corrected chi connectivity index (χ2v) is 5.67. The fourth-order valence-corrected chi connectivity index (χ4v) is 2.65. The molecule has 0 spiro atoms. The number of ether oxygens (including phenoxy) is 2. The number of nitrogens with one attached hydrogen (secondary N) is 1. The molecule has 2 heterocycles. The fourth-order valence-electron chi connectivity index (χ4n) is 2.65. The van der Waals surface area contributed by atoms with E-state index in [0.29, 0.717) is 12.0 Å². The third kappa shape index (κ3) is 3.08. The molecular formula is C16H16N2O6. The summed E-state index contributed by atoms with van der Waals surface area (Å²) in [5.41, 5.74) is 0.671. The van der Waals surface area contributed by atoms with E-state index in [0.717, 1.165) is 4.90 Å². The Morgan fingerprint density at radius 3 is 2.71 bits per heavy atom. The number of hydrogen-bond acceptors (Lipinski definition) is 6. The number of hydrogen-bond donors (Lipinski definition) is 1. The molecule has 8 heteroatoms. The van der Waals surface area contributed by atoms with E-state index in [1.807, 2.05) is 0 Å². The predicted molar refractivity (Wildman–Crippen MR) is 79.8 cm³/mol. The minimum atomic E-state index is -0.933. The third-order valence-electron chi connectivity index (χ3n) is 3.88. The summed E-state index contributed by atoms with van der Waals surface area (Å²) in [7, 11) is 0. The Hall–Kier alpha value is -2.90. The van der Waals surface area contributed by atoms with Crippen molar-refractivity contribution in [3.8, 4) is 0 Å². The van der Waals surface area contributed by atoms with Crippen LogP contribution >= 0.6 is 0 Å². The first kappa shape index (κ1) is 16.0. The lowest BCUT2D eigenvalue weighted by atomic mass is 10.1. The van der Waals surface area contributed by atoms with Gasteiger partial charge in [-0.1, -0.05) is 18.2 Å². The smallest absolute Gasteiger partial charge is 0.347 e. The molecule has 126 valence electrons. The molecule has 2 aliphatic heterocycles. The van der Waals surface area contributed by atoms with Gasteiger partial charge in [-0.3, -0.25) is 9.69 Å². The van der Waals surface area contributed by atoms with Crippen LogP contribution in [0.25, 0.3) is 0 Å².